The van der Waals surface area contributed by atoms with Crippen LogP contribution in [0.2, 0.25) is 0 Å². The van der Waals surface area contributed by atoms with Gasteiger partial charge in [-0.05, 0) is 27.2 Å². The van der Waals surface area contributed by atoms with Crippen molar-refractivity contribution in [3.63, 3.8) is 0 Å². The predicted molar refractivity (Wildman–Crippen MR) is 55.0 cm³/mol. The molecule has 0 aromatic heterocycles. The molecule has 2 amide bonds. The van der Waals surface area contributed by atoms with Crippen LogP contribution in [0.4, 0.5) is 4.79 Å². The fraction of sp³-hybridized carbons (Fsp3) is 0.800. The van der Waals surface area contributed by atoms with E-state index in [0.717, 1.165) is 6.42 Å². The molecule has 1 radical (unpaired) electrons. The second-order valence-corrected chi connectivity index (χ2v) is 4.67. The first-order valence-electron chi connectivity index (χ1n) is 5.03. The molecule has 0 aromatic carbocycles. The molecule has 0 saturated carbocycles. The second kappa shape index (κ2) is 4.51. The van der Waals surface area contributed by atoms with Crippen LogP contribution in [-0.4, -0.2) is 42.1 Å². The molecule has 0 spiro atoms. The number of hydrogen-bond donors (Lipinski definition) is 1. The number of nitrogens with zero attached hydrogens (tertiary/aromatic N) is 1. The lowest BCUT2D eigenvalue weighted by molar-refractivity contribution is 0.0507. The summed E-state index contributed by atoms with van der Waals surface area (Å²) in [6.45, 7) is 6.60. The molecule has 1 aliphatic heterocycles. The summed E-state index contributed by atoms with van der Waals surface area (Å²) in [6, 6.07) is -0.0127. The number of amides is 2. The maximum atomic E-state index is 11.4. The van der Waals surface area contributed by atoms with Gasteiger partial charge in [-0.25, -0.2) is 4.79 Å². The number of rotatable bonds is 2. The molecular weight excluding hydrogens is 196 g/mol. The third kappa shape index (κ3) is 4.18. The molecule has 15 heavy (non-hydrogen) atoms. The lowest BCUT2D eigenvalue weighted by atomic mass is 10.2. The van der Waals surface area contributed by atoms with Gasteiger partial charge in [-0.15, -0.1) is 0 Å². The molecule has 1 atom stereocenters. The van der Waals surface area contributed by atoms with E-state index in [1.807, 2.05) is 20.8 Å². The van der Waals surface area contributed by atoms with E-state index in [-0.39, 0.29) is 6.04 Å². The number of alkyl carbamates (subject to hydrolysis) is 1. The fourth-order valence-electron chi connectivity index (χ4n) is 1.44. The van der Waals surface area contributed by atoms with Crippen LogP contribution in [0.25, 0.3) is 0 Å². The van der Waals surface area contributed by atoms with E-state index in [0.29, 0.717) is 13.1 Å². The van der Waals surface area contributed by atoms with Crippen molar-refractivity contribution in [3.05, 3.63) is 0 Å². The van der Waals surface area contributed by atoms with Crippen molar-refractivity contribution in [2.24, 2.45) is 0 Å². The van der Waals surface area contributed by atoms with Crippen LogP contribution in [0.1, 0.15) is 27.2 Å². The van der Waals surface area contributed by atoms with Gasteiger partial charge in [-0.1, -0.05) is 0 Å². The average molecular weight is 213 g/mol. The lowest BCUT2D eigenvalue weighted by Gasteiger charge is -2.21. The zero-order valence-electron chi connectivity index (χ0n) is 9.37. The highest BCUT2D eigenvalue weighted by atomic mass is 16.6. The van der Waals surface area contributed by atoms with Gasteiger partial charge in [-0.2, -0.15) is 0 Å². The van der Waals surface area contributed by atoms with Crippen LogP contribution >= 0.6 is 0 Å². The summed E-state index contributed by atoms with van der Waals surface area (Å²) >= 11 is 0. The summed E-state index contributed by atoms with van der Waals surface area (Å²) in [5.41, 5.74) is -0.487. The summed E-state index contributed by atoms with van der Waals surface area (Å²) in [5.74, 6) is 0. The Morgan fingerprint density at radius 3 is 2.67 bits per heavy atom. The summed E-state index contributed by atoms with van der Waals surface area (Å²) < 4.78 is 5.10. The summed E-state index contributed by atoms with van der Waals surface area (Å²) in [5, 5.41) is 2.72. The van der Waals surface area contributed by atoms with Gasteiger partial charge in [0.2, 0.25) is 0 Å². The second-order valence-electron chi connectivity index (χ2n) is 4.67. The minimum Gasteiger partial charge on any atom is -0.444 e. The Balaban J connectivity index is 2.31. The zero-order chi connectivity index (χ0) is 11.5. The fourth-order valence-corrected chi connectivity index (χ4v) is 1.44. The lowest BCUT2D eigenvalue weighted by Crippen LogP contribution is -2.40. The van der Waals surface area contributed by atoms with Gasteiger partial charge in [-0.3, -0.25) is 4.79 Å². The first-order valence-corrected chi connectivity index (χ1v) is 5.03. The first-order chi connectivity index (χ1) is 6.90. The minimum absolute atomic E-state index is 0.0127. The maximum absolute atomic E-state index is 11.4. The molecule has 5 nitrogen and oxygen atoms in total. The van der Waals surface area contributed by atoms with E-state index in [1.54, 1.807) is 6.41 Å². The van der Waals surface area contributed by atoms with Gasteiger partial charge in [0, 0.05) is 13.1 Å². The van der Waals surface area contributed by atoms with Crippen LogP contribution in [-0.2, 0) is 9.53 Å². The smallest absolute Gasteiger partial charge is 0.407 e. The Bertz CT molecular complexity index is 248. The van der Waals surface area contributed by atoms with Crippen molar-refractivity contribution in [2.45, 2.75) is 38.8 Å². The Morgan fingerprint density at radius 1 is 1.53 bits per heavy atom. The SMILES string of the molecule is CC(C)(C)OC(=O)N[C@H]1CCN([C]=O)C1. The topological polar surface area (TPSA) is 58.6 Å². The van der Waals surface area contributed by atoms with Crippen molar-refractivity contribution in [3.8, 4) is 0 Å². The summed E-state index contributed by atoms with van der Waals surface area (Å²) in [7, 11) is 0. The third-order valence-corrected chi connectivity index (χ3v) is 2.04. The van der Waals surface area contributed by atoms with Crippen LogP contribution in [0.3, 0.4) is 0 Å². The molecular formula is C10H17N2O3. The van der Waals surface area contributed by atoms with Crippen molar-refractivity contribution in [1.82, 2.24) is 10.2 Å². The van der Waals surface area contributed by atoms with Crippen molar-refractivity contribution < 1.29 is 14.3 Å². The number of nitrogens with one attached hydrogen (secondary N) is 1. The Kier molecular flexibility index (Phi) is 3.55. The van der Waals surface area contributed by atoms with Crippen molar-refractivity contribution >= 4 is 12.5 Å². The molecule has 0 aliphatic carbocycles. The van der Waals surface area contributed by atoms with Gasteiger partial charge in [0.15, 0.2) is 0 Å². The highest BCUT2D eigenvalue weighted by molar-refractivity contribution is 5.68. The Labute approximate surface area is 89.8 Å². The van der Waals surface area contributed by atoms with E-state index in [2.05, 4.69) is 5.32 Å². The molecule has 85 valence electrons. The highest BCUT2D eigenvalue weighted by Crippen LogP contribution is 2.10. The number of carbonyl (C=O) groups excluding carboxylic acids is 2. The summed E-state index contributed by atoms with van der Waals surface area (Å²) in [4.78, 5) is 23.2. The normalized spacial score (nSPS) is 21.3. The molecule has 0 unspecified atom stereocenters. The van der Waals surface area contributed by atoms with Gasteiger partial charge in [0.05, 0.1) is 6.04 Å². The number of hydrogen-bond acceptors (Lipinski definition) is 3. The van der Waals surface area contributed by atoms with E-state index in [1.165, 1.54) is 4.90 Å². The molecule has 1 heterocycles. The molecule has 1 saturated heterocycles. The predicted octanol–water partition coefficient (Wildman–Crippen LogP) is 0.653. The third-order valence-electron chi connectivity index (χ3n) is 2.04. The quantitative estimate of drug-likeness (QED) is 0.732. The Hall–Kier alpha value is -1.26. The Morgan fingerprint density at radius 2 is 2.20 bits per heavy atom. The largest absolute Gasteiger partial charge is 0.444 e. The maximum Gasteiger partial charge on any atom is 0.407 e. The van der Waals surface area contributed by atoms with E-state index >= 15 is 0 Å². The molecule has 1 rings (SSSR count). The number of ether oxygens (including phenoxy) is 1. The van der Waals surface area contributed by atoms with E-state index in [9.17, 15) is 9.59 Å². The van der Waals surface area contributed by atoms with E-state index < -0.39 is 11.7 Å². The van der Waals surface area contributed by atoms with Crippen LogP contribution in [0, 0.1) is 0 Å². The molecule has 0 bridgehead atoms. The van der Waals surface area contributed by atoms with Crippen LogP contribution in [0.15, 0.2) is 0 Å². The van der Waals surface area contributed by atoms with Gasteiger partial charge < -0.3 is 15.0 Å². The molecule has 0 aromatic rings. The van der Waals surface area contributed by atoms with Crippen LogP contribution < -0.4 is 5.32 Å². The van der Waals surface area contributed by atoms with Gasteiger partial charge in [0.25, 0.3) is 0 Å². The average Bonchev–Trinajstić information content (AvgIpc) is 2.48. The molecule has 1 N–H and O–H groups in total. The molecule has 5 heteroatoms. The van der Waals surface area contributed by atoms with Gasteiger partial charge in [0.1, 0.15) is 5.60 Å². The first kappa shape index (κ1) is 11.8. The van der Waals surface area contributed by atoms with Crippen molar-refractivity contribution in [2.75, 3.05) is 13.1 Å². The van der Waals surface area contributed by atoms with E-state index in [4.69, 9.17) is 4.74 Å². The van der Waals surface area contributed by atoms with Crippen LogP contribution in [0.5, 0.6) is 0 Å². The minimum atomic E-state index is -0.487. The number of carbonyl (C=O) groups is 1. The number of likely N-dealkylation sites (tertiary alicyclic amines) is 1. The summed E-state index contributed by atoms with van der Waals surface area (Å²) in [6.07, 6.45) is 2.13. The monoisotopic (exact) mass is 213 g/mol. The zero-order valence-corrected chi connectivity index (χ0v) is 9.37. The highest BCUT2D eigenvalue weighted by Gasteiger charge is 2.25. The molecule has 1 aliphatic rings. The van der Waals surface area contributed by atoms with Gasteiger partial charge >= 0.3 is 12.5 Å². The molecule has 1 fully saturated rings. The van der Waals surface area contributed by atoms with Crippen molar-refractivity contribution in [1.29, 1.82) is 0 Å². The standard InChI is InChI=1S/C10H17N2O3/c1-10(2,3)15-9(14)11-8-4-5-12(6-8)7-13/h8H,4-6H2,1-3H3,(H,11,14)/t8-/m0/s1.